The Kier molecular flexibility index (Phi) is 4.15. The second kappa shape index (κ2) is 5.63. The first-order chi connectivity index (χ1) is 8.61. The third-order valence-corrected chi connectivity index (χ3v) is 4.27. The van der Waals surface area contributed by atoms with E-state index in [0.717, 1.165) is 11.4 Å². The van der Waals surface area contributed by atoms with Crippen LogP contribution in [0, 0.1) is 20.8 Å². The van der Waals surface area contributed by atoms with Crippen LogP contribution in [0.15, 0.2) is 23.6 Å². The van der Waals surface area contributed by atoms with Gasteiger partial charge in [0.05, 0.1) is 10.7 Å². The van der Waals surface area contributed by atoms with Gasteiger partial charge in [-0.2, -0.15) is 0 Å². The maximum atomic E-state index is 4.55. The molecule has 0 spiro atoms. The molecule has 2 rings (SSSR count). The highest BCUT2D eigenvalue weighted by Gasteiger charge is 2.14. The first-order valence-corrected chi connectivity index (χ1v) is 7.14. The van der Waals surface area contributed by atoms with Gasteiger partial charge in [-0.3, -0.25) is 0 Å². The van der Waals surface area contributed by atoms with Crippen LogP contribution < -0.4 is 5.32 Å². The molecule has 1 N–H and O–H groups in total. The van der Waals surface area contributed by atoms with E-state index in [1.54, 1.807) is 11.3 Å². The number of aryl methyl sites for hydroxylation is 2. The lowest BCUT2D eigenvalue weighted by Gasteiger charge is -2.19. The summed E-state index contributed by atoms with van der Waals surface area (Å²) in [4.78, 5) is 4.55. The van der Waals surface area contributed by atoms with Gasteiger partial charge in [0.25, 0.3) is 0 Å². The van der Waals surface area contributed by atoms with Crippen molar-refractivity contribution in [3.05, 3.63) is 51.0 Å². The van der Waals surface area contributed by atoms with Crippen LogP contribution in [0.4, 0.5) is 0 Å². The molecule has 2 aromatic rings. The maximum absolute atomic E-state index is 4.55. The summed E-state index contributed by atoms with van der Waals surface area (Å²) in [7, 11) is 2.02. The number of benzene rings is 1. The fourth-order valence-electron chi connectivity index (χ4n) is 2.23. The number of nitrogens with one attached hydrogen (secondary N) is 1. The van der Waals surface area contributed by atoms with E-state index in [1.165, 1.54) is 22.4 Å². The predicted molar refractivity (Wildman–Crippen MR) is 78.3 cm³/mol. The van der Waals surface area contributed by atoms with Crippen LogP contribution in [0.1, 0.15) is 33.4 Å². The molecule has 1 aromatic carbocycles. The summed E-state index contributed by atoms with van der Waals surface area (Å²) in [6.07, 6.45) is 0.950. The van der Waals surface area contributed by atoms with E-state index in [2.05, 4.69) is 54.7 Å². The Morgan fingerprint density at radius 3 is 2.67 bits per heavy atom. The van der Waals surface area contributed by atoms with Gasteiger partial charge in [-0.15, -0.1) is 11.3 Å². The number of hydrogen-bond donors (Lipinski definition) is 1. The van der Waals surface area contributed by atoms with Crippen LogP contribution in [0.5, 0.6) is 0 Å². The predicted octanol–water partition coefficient (Wildman–Crippen LogP) is 3.57. The Morgan fingerprint density at radius 2 is 2.06 bits per heavy atom. The molecule has 1 atom stereocenters. The highest BCUT2D eigenvalue weighted by Crippen LogP contribution is 2.24. The minimum Gasteiger partial charge on any atom is -0.313 e. The number of aromatic nitrogens is 1. The van der Waals surface area contributed by atoms with Gasteiger partial charge in [0.15, 0.2) is 0 Å². The Bertz CT molecular complexity index is 531. The summed E-state index contributed by atoms with van der Waals surface area (Å²) >= 11 is 1.72. The Labute approximate surface area is 113 Å². The van der Waals surface area contributed by atoms with Crippen molar-refractivity contribution in [1.82, 2.24) is 10.3 Å². The third kappa shape index (κ3) is 2.79. The zero-order chi connectivity index (χ0) is 13.1. The highest BCUT2D eigenvalue weighted by atomic mass is 32.1. The van der Waals surface area contributed by atoms with E-state index in [4.69, 9.17) is 0 Å². The fraction of sp³-hybridized carbons (Fsp3) is 0.400. The summed E-state index contributed by atoms with van der Waals surface area (Å²) in [6, 6.07) is 6.85. The molecule has 0 aliphatic rings. The molecule has 3 heteroatoms. The largest absolute Gasteiger partial charge is 0.313 e. The summed E-state index contributed by atoms with van der Waals surface area (Å²) in [5.74, 6) is 0. The molecule has 0 fully saturated rings. The van der Waals surface area contributed by atoms with Gasteiger partial charge in [0.2, 0.25) is 0 Å². The van der Waals surface area contributed by atoms with Crippen LogP contribution in [0.3, 0.4) is 0 Å². The second-order valence-electron chi connectivity index (χ2n) is 4.69. The minimum atomic E-state index is 0.339. The van der Waals surface area contributed by atoms with Gasteiger partial charge in [-0.1, -0.05) is 18.2 Å². The average Bonchev–Trinajstić information content (AvgIpc) is 2.76. The Balaban J connectivity index is 2.25. The van der Waals surface area contributed by atoms with Crippen LogP contribution in [-0.2, 0) is 6.42 Å². The number of nitrogens with zero attached hydrogens (tertiary/aromatic N) is 1. The maximum Gasteiger partial charge on any atom is 0.0897 e. The third-order valence-electron chi connectivity index (χ3n) is 3.45. The molecule has 96 valence electrons. The number of likely N-dealkylation sites (N-methyl/N-ethyl adjacent to an activating group) is 1. The molecule has 1 unspecified atom stereocenters. The number of hydrogen-bond acceptors (Lipinski definition) is 3. The SMILES string of the molecule is CNC(Cc1csc(C)n1)c1cccc(C)c1C. The summed E-state index contributed by atoms with van der Waals surface area (Å²) in [6.45, 7) is 6.42. The molecule has 0 saturated heterocycles. The van der Waals surface area contributed by atoms with Crippen molar-refractivity contribution in [1.29, 1.82) is 0 Å². The lowest BCUT2D eigenvalue weighted by molar-refractivity contribution is 0.582. The van der Waals surface area contributed by atoms with E-state index in [0.29, 0.717) is 6.04 Å². The molecule has 0 aliphatic carbocycles. The molecular weight excluding hydrogens is 240 g/mol. The zero-order valence-electron chi connectivity index (χ0n) is 11.4. The van der Waals surface area contributed by atoms with Crippen molar-refractivity contribution in [3.63, 3.8) is 0 Å². The monoisotopic (exact) mass is 260 g/mol. The molecule has 18 heavy (non-hydrogen) atoms. The van der Waals surface area contributed by atoms with Gasteiger partial charge >= 0.3 is 0 Å². The lowest BCUT2D eigenvalue weighted by atomic mass is 9.95. The molecule has 0 amide bonds. The van der Waals surface area contributed by atoms with Gasteiger partial charge in [0.1, 0.15) is 0 Å². The average molecular weight is 260 g/mol. The summed E-state index contributed by atoms with van der Waals surface area (Å²) < 4.78 is 0. The van der Waals surface area contributed by atoms with Gasteiger partial charge in [-0.05, 0) is 44.5 Å². The van der Waals surface area contributed by atoms with Crippen molar-refractivity contribution < 1.29 is 0 Å². The Morgan fingerprint density at radius 1 is 1.28 bits per heavy atom. The van der Waals surface area contributed by atoms with E-state index in [9.17, 15) is 0 Å². The van der Waals surface area contributed by atoms with Crippen molar-refractivity contribution in [2.75, 3.05) is 7.05 Å². The van der Waals surface area contributed by atoms with E-state index < -0.39 is 0 Å². The van der Waals surface area contributed by atoms with Gasteiger partial charge < -0.3 is 5.32 Å². The van der Waals surface area contributed by atoms with E-state index >= 15 is 0 Å². The standard InChI is InChI=1S/C15H20N2S/c1-10-6-5-7-14(11(10)2)15(16-4)8-13-9-18-12(3)17-13/h5-7,9,15-16H,8H2,1-4H3. The first-order valence-electron chi connectivity index (χ1n) is 6.26. The van der Waals surface area contributed by atoms with Crippen LogP contribution in [0.25, 0.3) is 0 Å². The molecule has 2 nitrogen and oxygen atoms in total. The summed E-state index contributed by atoms with van der Waals surface area (Å²) in [5, 5.41) is 6.71. The van der Waals surface area contributed by atoms with Crippen molar-refractivity contribution in [2.45, 2.75) is 33.2 Å². The van der Waals surface area contributed by atoms with Gasteiger partial charge in [0, 0.05) is 17.8 Å². The van der Waals surface area contributed by atoms with Crippen LogP contribution in [0.2, 0.25) is 0 Å². The molecule has 0 saturated carbocycles. The zero-order valence-corrected chi connectivity index (χ0v) is 12.3. The van der Waals surface area contributed by atoms with Crippen molar-refractivity contribution >= 4 is 11.3 Å². The number of rotatable bonds is 4. The van der Waals surface area contributed by atoms with E-state index in [-0.39, 0.29) is 0 Å². The van der Waals surface area contributed by atoms with Crippen molar-refractivity contribution in [3.8, 4) is 0 Å². The number of thiazole rings is 1. The summed E-state index contributed by atoms with van der Waals surface area (Å²) in [5.41, 5.74) is 5.28. The van der Waals surface area contributed by atoms with Crippen LogP contribution in [-0.4, -0.2) is 12.0 Å². The minimum absolute atomic E-state index is 0.339. The smallest absolute Gasteiger partial charge is 0.0897 e. The normalized spacial score (nSPS) is 12.7. The first kappa shape index (κ1) is 13.2. The highest BCUT2D eigenvalue weighted by molar-refractivity contribution is 7.09. The molecule has 1 aromatic heterocycles. The fourth-order valence-corrected chi connectivity index (χ4v) is 2.86. The second-order valence-corrected chi connectivity index (χ2v) is 5.75. The molecule has 0 bridgehead atoms. The molecule has 0 radical (unpaired) electrons. The van der Waals surface area contributed by atoms with Crippen LogP contribution >= 0.6 is 11.3 Å². The topological polar surface area (TPSA) is 24.9 Å². The molecule has 0 aliphatic heterocycles. The van der Waals surface area contributed by atoms with Crippen molar-refractivity contribution in [2.24, 2.45) is 0 Å². The Hall–Kier alpha value is -1.19. The molecular formula is C15H20N2S. The van der Waals surface area contributed by atoms with Gasteiger partial charge in [-0.25, -0.2) is 4.98 Å². The quantitative estimate of drug-likeness (QED) is 0.909. The lowest BCUT2D eigenvalue weighted by Crippen LogP contribution is -2.20. The van der Waals surface area contributed by atoms with E-state index in [1.807, 2.05) is 7.05 Å². The molecule has 1 heterocycles.